The molecule has 1 aliphatic rings. The van der Waals surface area contributed by atoms with Crippen LogP contribution in [0.5, 0.6) is 0 Å². The Hall–Kier alpha value is -1.23. The van der Waals surface area contributed by atoms with Crippen LogP contribution in [-0.4, -0.2) is 34.3 Å². The molecule has 0 aliphatic carbocycles. The Balaban J connectivity index is 2.08. The smallest absolute Gasteiger partial charge is 0.225 e. The second-order valence-corrected chi connectivity index (χ2v) is 3.98. The van der Waals surface area contributed by atoms with Crippen LogP contribution >= 0.6 is 0 Å². The van der Waals surface area contributed by atoms with Crippen molar-refractivity contribution in [1.29, 1.82) is 0 Å². The van der Waals surface area contributed by atoms with Gasteiger partial charge in [-0.1, -0.05) is 6.92 Å². The SMILES string of the molecule is CC1CN(c2ncc(F)cn2)CCC1O. The number of aliphatic hydroxyl groups is 1. The van der Waals surface area contributed by atoms with Crippen molar-refractivity contribution in [3.05, 3.63) is 18.2 Å². The van der Waals surface area contributed by atoms with Gasteiger partial charge in [0, 0.05) is 13.1 Å². The van der Waals surface area contributed by atoms with Gasteiger partial charge in [-0.15, -0.1) is 0 Å². The van der Waals surface area contributed by atoms with Gasteiger partial charge in [-0.3, -0.25) is 0 Å². The fraction of sp³-hybridized carbons (Fsp3) is 0.600. The average Bonchev–Trinajstić information content (AvgIpc) is 2.23. The summed E-state index contributed by atoms with van der Waals surface area (Å²) < 4.78 is 12.6. The first kappa shape index (κ1) is 10.3. The maximum absolute atomic E-state index is 12.6. The van der Waals surface area contributed by atoms with Crippen LogP contribution in [0.25, 0.3) is 0 Å². The molecule has 0 amide bonds. The highest BCUT2D eigenvalue weighted by Gasteiger charge is 2.25. The van der Waals surface area contributed by atoms with Gasteiger partial charge in [0.05, 0.1) is 18.5 Å². The Bertz CT molecular complexity index is 330. The van der Waals surface area contributed by atoms with E-state index in [0.29, 0.717) is 18.9 Å². The maximum atomic E-state index is 12.6. The second-order valence-electron chi connectivity index (χ2n) is 3.98. The van der Waals surface area contributed by atoms with Crippen LogP contribution in [0, 0.1) is 11.7 Å². The number of hydrogen-bond donors (Lipinski definition) is 1. The number of halogens is 1. The highest BCUT2D eigenvalue weighted by atomic mass is 19.1. The number of aromatic nitrogens is 2. The van der Waals surface area contributed by atoms with Crippen molar-refractivity contribution in [2.45, 2.75) is 19.4 Å². The lowest BCUT2D eigenvalue weighted by atomic mass is 9.97. The lowest BCUT2D eigenvalue weighted by molar-refractivity contribution is 0.0966. The molecule has 5 heteroatoms. The number of rotatable bonds is 1. The summed E-state index contributed by atoms with van der Waals surface area (Å²) in [7, 11) is 0. The molecule has 2 unspecified atom stereocenters. The quantitative estimate of drug-likeness (QED) is 0.747. The third-order valence-electron chi connectivity index (χ3n) is 2.75. The van der Waals surface area contributed by atoms with E-state index < -0.39 is 5.82 Å². The summed E-state index contributed by atoms with van der Waals surface area (Å²) in [5.74, 6) is 0.311. The molecular weight excluding hydrogens is 197 g/mol. The second kappa shape index (κ2) is 4.10. The molecule has 0 aromatic carbocycles. The fourth-order valence-corrected chi connectivity index (χ4v) is 1.78. The van der Waals surface area contributed by atoms with Crippen molar-refractivity contribution in [1.82, 2.24) is 9.97 Å². The van der Waals surface area contributed by atoms with Crippen LogP contribution in [0.2, 0.25) is 0 Å². The van der Waals surface area contributed by atoms with Crippen molar-refractivity contribution in [2.24, 2.45) is 5.92 Å². The molecule has 0 spiro atoms. The molecule has 2 rings (SSSR count). The number of anilines is 1. The number of hydrogen-bond acceptors (Lipinski definition) is 4. The maximum Gasteiger partial charge on any atom is 0.225 e. The molecule has 1 aliphatic heterocycles. The molecule has 1 N–H and O–H groups in total. The molecule has 0 radical (unpaired) electrons. The molecular formula is C10H14FN3O. The molecule has 2 heterocycles. The summed E-state index contributed by atoms with van der Waals surface area (Å²) in [6, 6.07) is 0. The zero-order valence-corrected chi connectivity index (χ0v) is 8.60. The molecule has 0 bridgehead atoms. The van der Waals surface area contributed by atoms with E-state index in [-0.39, 0.29) is 12.0 Å². The summed E-state index contributed by atoms with van der Waals surface area (Å²) >= 11 is 0. The van der Waals surface area contributed by atoms with Gasteiger partial charge in [0.1, 0.15) is 0 Å². The van der Waals surface area contributed by atoms with Crippen LogP contribution in [0.3, 0.4) is 0 Å². The van der Waals surface area contributed by atoms with Gasteiger partial charge in [-0.05, 0) is 12.3 Å². The predicted octanol–water partition coefficient (Wildman–Crippen LogP) is 0.823. The van der Waals surface area contributed by atoms with Crippen LogP contribution in [0.1, 0.15) is 13.3 Å². The Kier molecular flexibility index (Phi) is 2.81. The highest BCUT2D eigenvalue weighted by Crippen LogP contribution is 2.19. The third-order valence-corrected chi connectivity index (χ3v) is 2.75. The van der Waals surface area contributed by atoms with Gasteiger partial charge in [-0.25, -0.2) is 14.4 Å². The summed E-state index contributed by atoms with van der Waals surface area (Å²) in [5, 5.41) is 9.56. The van der Waals surface area contributed by atoms with Crippen molar-refractivity contribution >= 4 is 5.95 Å². The van der Waals surface area contributed by atoms with E-state index in [4.69, 9.17) is 0 Å². The van der Waals surface area contributed by atoms with Crippen LogP contribution in [0.15, 0.2) is 12.4 Å². The molecule has 2 atom stereocenters. The minimum Gasteiger partial charge on any atom is -0.393 e. The van der Waals surface area contributed by atoms with Gasteiger partial charge in [0.25, 0.3) is 0 Å². The molecule has 1 aromatic heterocycles. The number of aliphatic hydroxyl groups excluding tert-OH is 1. The molecule has 1 fully saturated rings. The monoisotopic (exact) mass is 211 g/mol. The summed E-state index contributed by atoms with van der Waals surface area (Å²) in [4.78, 5) is 9.81. The van der Waals surface area contributed by atoms with E-state index in [1.165, 1.54) is 0 Å². The minimum atomic E-state index is -0.427. The Morgan fingerprint density at radius 2 is 2.13 bits per heavy atom. The van der Waals surface area contributed by atoms with E-state index in [1.807, 2.05) is 11.8 Å². The zero-order valence-electron chi connectivity index (χ0n) is 8.60. The van der Waals surface area contributed by atoms with Gasteiger partial charge in [-0.2, -0.15) is 0 Å². The van der Waals surface area contributed by atoms with Crippen molar-refractivity contribution in [3.8, 4) is 0 Å². The molecule has 15 heavy (non-hydrogen) atoms. The molecule has 0 saturated carbocycles. The topological polar surface area (TPSA) is 49.2 Å². The van der Waals surface area contributed by atoms with Crippen molar-refractivity contribution < 1.29 is 9.50 Å². The third kappa shape index (κ3) is 2.23. The van der Waals surface area contributed by atoms with Crippen LogP contribution in [0.4, 0.5) is 10.3 Å². The highest BCUT2D eigenvalue weighted by molar-refractivity contribution is 5.29. The first-order valence-electron chi connectivity index (χ1n) is 5.07. The van der Waals surface area contributed by atoms with E-state index in [9.17, 15) is 9.50 Å². The number of piperidine rings is 1. The van der Waals surface area contributed by atoms with E-state index in [0.717, 1.165) is 18.9 Å². The van der Waals surface area contributed by atoms with Gasteiger partial charge < -0.3 is 10.0 Å². The van der Waals surface area contributed by atoms with Crippen LogP contribution in [-0.2, 0) is 0 Å². The average molecular weight is 211 g/mol. The van der Waals surface area contributed by atoms with Gasteiger partial charge >= 0.3 is 0 Å². The lowest BCUT2D eigenvalue weighted by Gasteiger charge is -2.34. The standard InChI is InChI=1S/C10H14FN3O/c1-7-6-14(3-2-9(7)15)10-12-4-8(11)5-13-10/h4-5,7,9,15H,2-3,6H2,1H3. The summed E-state index contributed by atoms with van der Waals surface area (Å²) in [6.07, 6.45) is 2.79. The number of nitrogens with zero attached hydrogens (tertiary/aromatic N) is 3. The summed E-state index contributed by atoms with van der Waals surface area (Å²) in [6.45, 7) is 3.42. The molecule has 1 aromatic rings. The van der Waals surface area contributed by atoms with Crippen LogP contribution < -0.4 is 4.90 Å². The van der Waals surface area contributed by atoms with E-state index in [2.05, 4.69) is 9.97 Å². The fourth-order valence-electron chi connectivity index (χ4n) is 1.78. The van der Waals surface area contributed by atoms with Crippen molar-refractivity contribution in [3.63, 3.8) is 0 Å². The first-order chi connectivity index (χ1) is 7.16. The molecule has 4 nitrogen and oxygen atoms in total. The Labute approximate surface area is 87.8 Å². The zero-order chi connectivity index (χ0) is 10.8. The van der Waals surface area contributed by atoms with Gasteiger partial charge in [0.2, 0.25) is 5.95 Å². The summed E-state index contributed by atoms with van der Waals surface area (Å²) in [5.41, 5.74) is 0. The largest absolute Gasteiger partial charge is 0.393 e. The Morgan fingerprint density at radius 1 is 1.47 bits per heavy atom. The molecule has 1 saturated heterocycles. The van der Waals surface area contributed by atoms with Gasteiger partial charge in [0.15, 0.2) is 5.82 Å². The molecule has 82 valence electrons. The van der Waals surface area contributed by atoms with E-state index in [1.54, 1.807) is 0 Å². The Morgan fingerprint density at radius 3 is 2.73 bits per heavy atom. The first-order valence-corrected chi connectivity index (χ1v) is 5.07. The minimum absolute atomic E-state index is 0.201. The normalized spacial score (nSPS) is 26.7. The van der Waals surface area contributed by atoms with Crippen molar-refractivity contribution in [2.75, 3.05) is 18.0 Å². The lowest BCUT2D eigenvalue weighted by Crippen LogP contribution is -2.42. The predicted molar refractivity (Wildman–Crippen MR) is 54.0 cm³/mol. The van der Waals surface area contributed by atoms with E-state index >= 15 is 0 Å².